The molecule has 0 spiro atoms. The van der Waals surface area contributed by atoms with Crippen LogP contribution < -0.4 is 5.73 Å². The van der Waals surface area contributed by atoms with Crippen molar-refractivity contribution < 1.29 is 43.4 Å². The van der Waals surface area contributed by atoms with Crippen LogP contribution in [0.25, 0.3) is 11.2 Å². The molecule has 29 heavy (non-hydrogen) atoms. The number of nitrogens with two attached hydrogens (primary N) is 1. The number of aliphatic hydroxyl groups is 3. The van der Waals surface area contributed by atoms with Gasteiger partial charge in [-0.2, -0.15) is 0 Å². The fourth-order valence-corrected chi connectivity index (χ4v) is 3.42. The smallest absolute Gasteiger partial charge is 0.395 e. The van der Waals surface area contributed by atoms with Gasteiger partial charge in [0.25, 0.3) is 0 Å². The summed E-state index contributed by atoms with van der Waals surface area (Å²) in [5, 5.41) is 29.4. The SMILES string of the molecule is C[C@H](CO)C(=O)OP(=O)(O)OC[C@H]1O[C@@H](n2cnc3c(N)ncnc32)[C@H](O)[C@@H]1O. The second-order valence-corrected chi connectivity index (χ2v) is 7.77. The summed E-state index contributed by atoms with van der Waals surface area (Å²) < 4.78 is 27.7. The summed E-state index contributed by atoms with van der Waals surface area (Å²) in [7, 11) is -4.83. The van der Waals surface area contributed by atoms with Gasteiger partial charge in [0.1, 0.15) is 30.2 Å². The van der Waals surface area contributed by atoms with Crippen LogP contribution >= 0.6 is 7.82 Å². The molecule has 2 aromatic heterocycles. The number of carbonyl (C=O) groups excluding carboxylic acids is 1. The summed E-state index contributed by atoms with van der Waals surface area (Å²) in [5.74, 6) is -2.05. The lowest BCUT2D eigenvalue weighted by Gasteiger charge is -2.18. The van der Waals surface area contributed by atoms with Crippen molar-refractivity contribution in [2.24, 2.45) is 5.92 Å². The van der Waals surface area contributed by atoms with Crippen molar-refractivity contribution in [1.82, 2.24) is 19.5 Å². The average molecular weight is 433 g/mol. The predicted molar refractivity (Wildman–Crippen MR) is 93.8 cm³/mol. The van der Waals surface area contributed by atoms with Crippen molar-refractivity contribution in [2.45, 2.75) is 31.5 Å². The summed E-state index contributed by atoms with van der Waals surface area (Å²) in [4.78, 5) is 33.0. The van der Waals surface area contributed by atoms with Crippen LogP contribution in [0.3, 0.4) is 0 Å². The van der Waals surface area contributed by atoms with Gasteiger partial charge in [-0.25, -0.2) is 19.5 Å². The lowest BCUT2D eigenvalue weighted by Crippen LogP contribution is -2.33. The van der Waals surface area contributed by atoms with Gasteiger partial charge in [0, 0.05) is 0 Å². The van der Waals surface area contributed by atoms with E-state index in [-0.39, 0.29) is 17.0 Å². The molecule has 1 unspecified atom stereocenters. The molecule has 0 amide bonds. The molecule has 0 bridgehead atoms. The van der Waals surface area contributed by atoms with Gasteiger partial charge < -0.3 is 30.3 Å². The number of phosphoric acid groups is 1. The Labute approximate surface area is 163 Å². The van der Waals surface area contributed by atoms with E-state index in [1.165, 1.54) is 24.1 Å². The van der Waals surface area contributed by atoms with E-state index in [1.54, 1.807) is 0 Å². The normalized spacial score (nSPS) is 27.6. The summed E-state index contributed by atoms with van der Waals surface area (Å²) in [6, 6.07) is 0. The molecule has 15 heteroatoms. The first-order valence-electron chi connectivity index (χ1n) is 8.41. The van der Waals surface area contributed by atoms with Crippen molar-refractivity contribution in [2.75, 3.05) is 18.9 Å². The number of hydrogen-bond acceptors (Lipinski definition) is 12. The Balaban J connectivity index is 1.69. The Hall–Kier alpha value is -2.19. The number of rotatable bonds is 7. The molecule has 0 radical (unpaired) electrons. The second-order valence-electron chi connectivity index (χ2n) is 6.39. The number of nitrogens with zero attached hydrogens (tertiary/aromatic N) is 4. The Kier molecular flexibility index (Phi) is 6.14. The topological polar surface area (TPSA) is 212 Å². The van der Waals surface area contributed by atoms with Gasteiger partial charge in [0.05, 0.1) is 25.5 Å². The minimum absolute atomic E-state index is 0.113. The molecule has 1 fully saturated rings. The van der Waals surface area contributed by atoms with Crippen LogP contribution in [-0.4, -0.2) is 77.2 Å². The Morgan fingerprint density at radius 2 is 2.10 bits per heavy atom. The molecule has 6 atom stereocenters. The Morgan fingerprint density at radius 1 is 1.38 bits per heavy atom. The maximum Gasteiger partial charge on any atom is 0.529 e. The third kappa shape index (κ3) is 4.38. The maximum absolute atomic E-state index is 11.9. The standard InChI is InChI=1S/C14H20N5O9P/c1-6(2-20)14(23)28-29(24,25)26-3-7-9(21)10(22)13(27-7)19-5-18-8-11(15)16-4-17-12(8)19/h4-7,9-10,13,20-22H,2-3H2,1H3,(H,24,25)(H2,15,16,17)/t6-,7-,9-,10-,13-/m1/s1. The van der Waals surface area contributed by atoms with E-state index >= 15 is 0 Å². The van der Waals surface area contributed by atoms with E-state index in [0.717, 1.165) is 0 Å². The fourth-order valence-electron chi connectivity index (χ4n) is 2.63. The van der Waals surface area contributed by atoms with Crippen molar-refractivity contribution in [1.29, 1.82) is 0 Å². The first-order chi connectivity index (χ1) is 13.6. The van der Waals surface area contributed by atoms with Gasteiger partial charge in [-0.3, -0.25) is 18.8 Å². The molecule has 6 N–H and O–H groups in total. The van der Waals surface area contributed by atoms with Gasteiger partial charge in [-0.15, -0.1) is 0 Å². The van der Waals surface area contributed by atoms with Crippen LogP contribution in [0.4, 0.5) is 5.82 Å². The molecule has 160 valence electrons. The quantitative estimate of drug-likeness (QED) is 0.309. The number of anilines is 1. The number of aliphatic hydroxyl groups excluding tert-OH is 3. The van der Waals surface area contributed by atoms with Gasteiger partial charge in [-0.05, 0) is 6.92 Å². The molecule has 1 aliphatic heterocycles. The highest BCUT2D eigenvalue weighted by Crippen LogP contribution is 2.45. The zero-order chi connectivity index (χ0) is 21.3. The molecular weight excluding hydrogens is 413 g/mol. The second kappa shape index (κ2) is 8.28. The van der Waals surface area contributed by atoms with Crippen LogP contribution in [-0.2, 0) is 23.1 Å². The van der Waals surface area contributed by atoms with E-state index in [0.29, 0.717) is 0 Å². The number of ether oxygens (including phenoxy) is 1. The largest absolute Gasteiger partial charge is 0.529 e. The van der Waals surface area contributed by atoms with Crippen LogP contribution in [0.1, 0.15) is 13.2 Å². The lowest BCUT2D eigenvalue weighted by atomic mass is 10.1. The van der Waals surface area contributed by atoms with Crippen molar-refractivity contribution >= 4 is 30.8 Å². The molecule has 0 saturated carbocycles. The van der Waals surface area contributed by atoms with E-state index in [2.05, 4.69) is 24.0 Å². The summed E-state index contributed by atoms with van der Waals surface area (Å²) in [5.41, 5.74) is 6.22. The highest BCUT2D eigenvalue weighted by molar-refractivity contribution is 7.48. The first kappa shape index (κ1) is 21.5. The van der Waals surface area contributed by atoms with Gasteiger partial charge in [0.15, 0.2) is 17.7 Å². The number of imidazole rings is 1. The summed E-state index contributed by atoms with van der Waals surface area (Å²) >= 11 is 0. The van der Waals surface area contributed by atoms with E-state index in [4.69, 9.17) is 15.6 Å². The maximum atomic E-state index is 11.9. The van der Waals surface area contributed by atoms with Crippen molar-refractivity contribution in [3.63, 3.8) is 0 Å². The molecule has 3 rings (SSSR count). The zero-order valence-corrected chi connectivity index (χ0v) is 16.0. The molecule has 1 aliphatic rings. The number of hydrogen-bond donors (Lipinski definition) is 5. The fraction of sp³-hybridized carbons (Fsp3) is 0.571. The van der Waals surface area contributed by atoms with Crippen LogP contribution in [0.15, 0.2) is 12.7 Å². The Bertz CT molecular complexity index is 939. The monoisotopic (exact) mass is 433 g/mol. The van der Waals surface area contributed by atoms with Gasteiger partial charge in [0.2, 0.25) is 0 Å². The van der Waals surface area contributed by atoms with Crippen LogP contribution in [0.5, 0.6) is 0 Å². The minimum Gasteiger partial charge on any atom is -0.395 e. The third-order valence-electron chi connectivity index (χ3n) is 4.28. The highest BCUT2D eigenvalue weighted by Gasteiger charge is 2.45. The summed E-state index contributed by atoms with van der Waals surface area (Å²) in [6.45, 7) is 0.0377. The molecule has 1 saturated heterocycles. The number of phosphoric ester groups is 1. The lowest BCUT2D eigenvalue weighted by molar-refractivity contribution is -0.141. The van der Waals surface area contributed by atoms with E-state index in [1.807, 2.05) is 0 Å². The summed E-state index contributed by atoms with van der Waals surface area (Å²) in [6.07, 6.45) is -2.85. The van der Waals surface area contributed by atoms with E-state index < -0.39 is 57.5 Å². The third-order valence-corrected chi connectivity index (χ3v) is 5.17. The predicted octanol–water partition coefficient (Wildman–Crippen LogP) is -1.68. The number of aromatic nitrogens is 4. The number of fused-ring (bicyclic) bond motifs is 1. The first-order valence-corrected chi connectivity index (χ1v) is 9.90. The highest BCUT2D eigenvalue weighted by atomic mass is 31.2. The van der Waals surface area contributed by atoms with Crippen LogP contribution in [0, 0.1) is 5.92 Å². The zero-order valence-electron chi connectivity index (χ0n) is 15.1. The minimum atomic E-state index is -4.83. The average Bonchev–Trinajstić information content (AvgIpc) is 3.22. The molecule has 14 nitrogen and oxygen atoms in total. The molecule has 0 aliphatic carbocycles. The van der Waals surface area contributed by atoms with Gasteiger partial charge >= 0.3 is 13.8 Å². The van der Waals surface area contributed by atoms with Crippen LogP contribution in [0.2, 0.25) is 0 Å². The molecule has 3 heterocycles. The number of nitrogen functional groups attached to an aromatic ring is 1. The van der Waals surface area contributed by atoms with Crippen molar-refractivity contribution in [3.05, 3.63) is 12.7 Å². The Morgan fingerprint density at radius 3 is 2.79 bits per heavy atom. The van der Waals surface area contributed by atoms with Gasteiger partial charge in [-0.1, -0.05) is 0 Å². The number of carbonyl (C=O) groups is 1. The molecular formula is C14H20N5O9P. The van der Waals surface area contributed by atoms with E-state index in [9.17, 15) is 24.5 Å². The molecule has 2 aromatic rings. The van der Waals surface area contributed by atoms with Crippen molar-refractivity contribution in [3.8, 4) is 0 Å². The molecule has 0 aromatic carbocycles.